The first kappa shape index (κ1) is 4.13. The fraction of sp³-hybridized carbons (Fsp3) is 0.500. The summed E-state index contributed by atoms with van der Waals surface area (Å²) in [6, 6.07) is 1.25. The third-order valence-corrected chi connectivity index (χ3v) is 1.53. The number of nitrogens with zero attached hydrogens (tertiary/aromatic N) is 1. The van der Waals surface area contributed by atoms with Gasteiger partial charge in [0.1, 0.15) is 0 Å². The van der Waals surface area contributed by atoms with Crippen LogP contribution >= 0.6 is 0 Å². The number of fused-ring (bicyclic) bond motifs is 1. The molecule has 1 saturated carbocycles. The molecule has 0 aromatic rings. The fourth-order valence-corrected chi connectivity index (χ4v) is 0.908. The van der Waals surface area contributed by atoms with Crippen molar-refractivity contribution in [3.63, 3.8) is 0 Å². The summed E-state index contributed by atoms with van der Waals surface area (Å²) in [5.41, 5.74) is 0. The molecule has 1 heterocycles. The van der Waals surface area contributed by atoms with Crippen LogP contribution in [0.2, 0.25) is 0 Å². The van der Waals surface area contributed by atoms with E-state index >= 15 is 0 Å². The predicted molar refractivity (Wildman–Crippen MR) is 33.0 cm³/mol. The first-order valence-electron chi connectivity index (χ1n) is 2.91. The zero-order valence-corrected chi connectivity index (χ0v) is 4.54. The van der Waals surface area contributed by atoms with Crippen molar-refractivity contribution in [2.75, 3.05) is 0 Å². The van der Waals surface area contributed by atoms with E-state index in [1.54, 1.807) is 0 Å². The number of rotatable bonds is 0. The molecule has 0 spiro atoms. The minimum atomic E-state index is 0.588. The molecule has 8 heavy (non-hydrogen) atoms. The number of aliphatic imine (C=N–C) groups is 1. The van der Waals surface area contributed by atoms with Crippen LogP contribution in [0.4, 0.5) is 0 Å². The molecule has 1 aliphatic carbocycles. The van der Waals surface area contributed by atoms with E-state index in [1.807, 2.05) is 18.5 Å². The minimum absolute atomic E-state index is 0.588. The molecular formula is C6H8N2. The highest BCUT2D eigenvalue weighted by Crippen LogP contribution is 2.25. The Hall–Kier alpha value is -0.790. The van der Waals surface area contributed by atoms with Gasteiger partial charge in [-0.25, -0.2) is 0 Å². The first-order chi connectivity index (χ1) is 3.97. The average molecular weight is 108 g/mol. The van der Waals surface area contributed by atoms with Gasteiger partial charge in [0, 0.05) is 6.21 Å². The fourth-order valence-electron chi connectivity index (χ4n) is 0.908. The molecule has 2 nitrogen and oxygen atoms in total. The Morgan fingerprint density at radius 2 is 2.62 bits per heavy atom. The Morgan fingerprint density at radius 1 is 1.62 bits per heavy atom. The van der Waals surface area contributed by atoms with Gasteiger partial charge in [-0.1, -0.05) is 0 Å². The standard InChI is InChI=1S/C6H8N2/c1-2-7-5-4-6(5)8-3-1/h1-3,5-7H,4H2. The Morgan fingerprint density at radius 3 is 3.62 bits per heavy atom. The number of allylic oxidation sites excluding steroid dienone is 1. The zero-order chi connectivity index (χ0) is 5.40. The summed E-state index contributed by atoms with van der Waals surface area (Å²) in [6.45, 7) is 0. The highest BCUT2D eigenvalue weighted by atomic mass is 15.0. The van der Waals surface area contributed by atoms with E-state index in [-0.39, 0.29) is 0 Å². The molecule has 2 aliphatic rings. The quantitative estimate of drug-likeness (QED) is 0.474. The lowest BCUT2D eigenvalue weighted by Crippen LogP contribution is -2.09. The van der Waals surface area contributed by atoms with Crippen molar-refractivity contribution < 1.29 is 0 Å². The van der Waals surface area contributed by atoms with Crippen molar-refractivity contribution in [3.05, 3.63) is 12.3 Å². The van der Waals surface area contributed by atoms with Crippen molar-refractivity contribution >= 4 is 6.21 Å². The molecule has 0 radical (unpaired) electrons. The maximum Gasteiger partial charge on any atom is 0.0721 e. The molecule has 0 aromatic heterocycles. The second-order valence-electron chi connectivity index (χ2n) is 2.23. The second kappa shape index (κ2) is 1.34. The maximum atomic E-state index is 4.22. The van der Waals surface area contributed by atoms with Crippen LogP contribution in [0.15, 0.2) is 17.3 Å². The third-order valence-electron chi connectivity index (χ3n) is 1.53. The first-order valence-corrected chi connectivity index (χ1v) is 2.91. The highest BCUT2D eigenvalue weighted by molar-refractivity contribution is 5.71. The molecule has 1 aliphatic heterocycles. The summed E-state index contributed by atoms with van der Waals surface area (Å²) in [7, 11) is 0. The van der Waals surface area contributed by atoms with E-state index in [9.17, 15) is 0 Å². The van der Waals surface area contributed by atoms with Crippen molar-refractivity contribution in [1.82, 2.24) is 5.32 Å². The summed E-state index contributed by atoms with van der Waals surface area (Å²) in [4.78, 5) is 4.22. The Kier molecular flexibility index (Phi) is 0.692. The topological polar surface area (TPSA) is 24.4 Å². The Balaban J connectivity index is 2.14. The van der Waals surface area contributed by atoms with Crippen molar-refractivity contribution in [2.24, 2.45) is 4.99 Å². The highest BCUT2D eigenvalue weighted by Gasteiger charge is 2.35. The van der Waals surface area contributed by atoms with Crippen molar-refractivity contribution in [1.29, 1.82) is 0 Å². The van der Waals surface area contributed by atoms with Gasteiger partial charge in [0.2, 0.25) is 0 Å². The van der Waals surface area contributed by atoms with Crippen LogP contribution in [0.3, 0.4) is 0 Å². The molecule has 1 N–H and O–H groups in total. The largest absolute Gasteiger partial charge is 0.386 e. The lowest BCUT2D eigenvalue weighted by atomic mass is 10.6. The van der Waals surface area contributed by atoms with Crippen molar-refractivity contribution in [3.8, 4) is 0 Å². The molecule has 0 bridgehead atoms. The smallest absolute Gasteiger partial charge is 0.0721 e. The Bertz CT molecular complexity index is 149. The van der Waals surface area contributed by atoms with Crippen LogP contribution < -0.4 is 5.32 Å². The molecule has 2 atom stereocenters. The summed E-state index contributed by atoms with van der Waals surface area (Å²) in [5, 5.41) is 3.21. The average Bonchev–Trinajstić information content (AvgIpc) is 2.36. The van der Waals surface area contributed by atoms with E-state index < -0.39 is 0 Å². The predicted octanol–water partition coefficient (Wildman–Crippen LogP) is 0.315. The van der Waals surface area contributed by atoms with Crippen molar-refractivity contribution in [2.45, 2.75) is 18.5 Å². The van der Waals surface area contributed by atoms with Gasteiger partial charge in [0.05, 0.1) is 12.1 Å². The lowest BCUT2D eigenvalue weighted by Gasteiger charge is -1.89. The summed E-state index contributed by atoms with van der Waals surface area (Å²) < 4.78 is 0. The Labute approximate surface area is 48.3 Å². The van der Waals surface area contributed by atoms with E-state index in [4.69, 9.17) is 0 Å². The van der Waals surface area contributed by atoms with Gasteiger partial charge in [-0.05, 0) is 18.7 Å². The maximum absolute atomic E-state index is 4.22. The summed E-state index contributed by atoms with van der Waals surface area (Å²) in [6.07, 6.45) is 6.98. The van der Waals surface area contributed by atoms with Gasteiger partial charge in [-0.2, -0.15) is 0 Å². The normalized spacial score (nSPS) is 40.0. The monoisotopic (exact) mass is 108 g/mol. The molecule has 2 rings (SSSR count). The van der Waals surface area contributed by atoms with E-state index in [0.29, 0.717) is 12.1 Å². The summed E-state index contributed by atoms with van der Waals surface area (Å²) in [5.74, 6) is 0. The lowest BCUT2D eigenvalue weighted by molar-refractivity contribution is 0.829. The van der Waals surface area contributed by atoms with Crippen LogP contribution in [0.25, 0.3) is 0 Å². The van der Waals surface area contributed by atoms with Crippen LogP contribution in [-0.2, 0) is 0 Å². The summed E-state index contributed by atoms with van der Waals surface area (Å²) >= 11 is 0. The second-order valence-corrected chi connectivity index (χ2v) is 2.23. The van der Waals surface area contributed by atoms with E-state index in [2.05, 4.69) is 10.3 Å². The van der Waals surface area contributed by atoms with Gasteiger partial charge >= 0.3 is 0 Å². The van der Waals surface area contributed by atoms with Crippen LogP contribution in [0, 0.1) is 0 Å². The number of hydrogen-bond acceptors (Lipinski definition) is 2. The molecule has 42 valence electrons. The van der Waals surface area contributed by atoms with Gasteiger partial charge < -0.3 is 5.32 Å². The van der Waals surface area contributed by atoms with Gasteiger partial charge in [0.25, 0.3) is 0 Å². The molecule has 0 amide bonds. The molecular weight excluding hydrogens is 100 g/mol. The van der Waals surface area contributed by atoms with E-state index in [1.165, 1.54) is 6.42 Å². The SMILES string of the molecule is C1=CNC2CC2N=C1. The van der Waals surface area contributed by atoms with Gasteiger partial charge in [-0.3, -0.25) is 4.99 Å². The molecule has 2 unspecified atom stereocenters. The van der Waals surface area contributed by atoms with Crippen LogP contribution in [0.5, 0.6) is 0 Å². The molecule has 2 heteroatoms. The minimum Gasteiger partial charge on any atom is -0.386 e. The van der Waals surface area contributed by atoms with Crippen LogP contribution in [-0.4, -0.2) is 18.3 Å². The van der Waals surface area contributed by atoms with Crippen LogP contribution in [0.1, 0.15) is 6.42 Å². The third kappa shape index (κ3) is 0.529. The van der Waals surface area contributed by atoms with Gasteiger partial charge in [-0.15, -0.1) is 0 Å². The van der Waals surface area contributed by atoms with E-state index in [0.717, 1.165) is 0 Å². The number of nitrogens with one attached hydrogen (secondary N) is 1. The zero-order valence-electron chi connectivity index (χ0n) is 4.54. The molecule has 0 aromatic carbocycles. The molecule has 1 fully saturated rings. The molecule has 0 saturated heterocycles. The number of hydrogen-bond donors (Lipinski definition) is 1. The van der Waals surface area contributed by atoms with Gasteiger partial charge in [0.15, 0.2) is 0 Å².